The van der Waals surface area contributed by atoms with E-state index in [1.807, 2.05) is 13.0 Å². The van der Waals surface area contributed by atoms with Crippen molar-refractivity contribution in [3.05, 3.63) is 66.2 Å². The molecule has 2 N–H and O–H groups in total. The molecule has 0 saturated carbocycles. The fraction of sp³-hybridized carbons (Fsp3) is 0.364. The summed E-state index contributed by atoms with van der Waals surface area (Å²) in [7, 11) is 1.49. The summed E-state index contributed by atoms with van der Waals surface area (Å²) in [6.07, 6.45) is 2.27. The Morgan fingerprint density at radius 3 is 2.57 bits per heavy atom. The lowest BCUT2D eigenvalue weighted by Crippen LogP contribution is -2.37. The van der Waals surface area contributed by atoms with Gasteiger partial charge in [-0.05, 0) is 43.2 Å². The molecule has 1 fully saturated rings. The molecule has 2 aliphatic rings. The highest BCUT2D eigenvalue weighted by molar-refractivity contribution is 5.94. The Hall–Kier alpha value is -4.88. The van der Waals surface area contributed by atoms with Crippen molar-refractivity contribution in [2.24, 2.45) is 0 Å². The van der Waals surface area contributed by atoms with Crippen LogP contribution in [-0.4, -0.2) is 80.7 Å². The Morgan fingerprint density at radius 1 is 1.00 bits per heavy atom. The second kappa shape index (κ2) is 14.5. The van der Waals surface area contributed by atoms with Crippen LogP contribution >= 0.6 is 0 Å². The number of anilines is 1. The van der Waals surface area contributed by atoms with Gasteiger partial charge in [-0.25, -0.2) is 19.2 Å². The second-order valence-corrected chi connectivity index (χ2v) is 10.8. The number of nitrogens with zero attached hydrogens (tertiary/aromatic N) is 3. The molecule has 1 aromatic heterocycles. The summed E-state index contributed by atoms with van der Waals surface area (Å²) in [6.45, 7) is 7.37. The maximum atomic E-state index is 13.3. The highest BCUT2D eigenvalue weighted by Crippen LogP contribution is 2.48. The number of carbonyl (C=O) groups is 1. The minimum Gasteiger partial charge on any atom is -0.494 e. The third kappa shape index (κ3) is 7.32. The number of amides is 2. The number of ether oxygens (including phenoxy) is 6. The first-order valence-corrected chi connectivity index (χ1v) is 15.2. The van der Waals surface area contributed by atoms with Crippen molar-refractivity contribution in [1.29, 1.82) is 0 Å². The van der Waals surface area contributed by atoms with E-state index in [4.69, 9.17) is 28.4 Å². The largest absolute Gasteiger partial charge is 0.494 e. The number of carbonyl (C=O) groups excluding carboxylic acids is 1. The molecule has 1 unspecified atom stereocenters. The highest BCUT2D eigenvalue weighted by Gasteiger charge is 2.26. The fourth-order valence-electron chi connectivity index (χ4n) is 5.30. The average molecular weight is 634 g/mol. The zero-order valence-electron chi connectivity index (χ0n) is 25.7. The van der Waals surface area contributed by atoms with E-state index in [9.17, 15) is 9.18 Å². The van der Waals surface area contributed by atoms with E-state index >= 15 is 0 Å². The molecule has 1 saturated heterocycles. The number of aromatic nitrogens is 2. The first-order chi connectivity index (χ1) is 22.5. The molecular formula is C33H36FN5O7. The quantitative estimate of drug-likeness (QED) is 0.210. The zero-order chi connectivity index (χ0) is 31.9. The molecule has 12 nitrogen and oxygen atoms in total. The summed E-state index contributed by atoms with van der Waals surface area (Å²) in [4.78, 5) is 23.9. The molecule has 3 heterocycles. The summed E-state index contributed by atoms with van der Waals surface area (Å²) in [6, 6.07) is 12.0. The van der Waals surface area contributed by atoms with E-state index in [1.165, 1.54) is 25.6 Å². The van der Waals surface area contributed by atoms with Crippen molar-refractivity contribution in [3.8, 4) is 34.6 Å². The normalized spacial score (nSPS) is 15.2. The molecule has 2 aliphatic heterocycles. The van der Waals surface area contributed by atoms with Crippen LogP contribution in [0.25, 0.3) is 10.9 Å². The van der Waals surface area contributed by atoms with Crippen LogP contribution in [0.15, 0.2) is 54.9 Å². The number of rotatable bonds is 11. The van der Waals surface area contributed by atoms with Crippen LogP contribution in [0.3, 0.4) is 0 Å². The van der Waals surface area contributed by atoms with E-state index in [-0.39, 0.29) is 17.7 Å². The monoisotopic (exact) mass is 633 g/mol. The Morgan fingerprint density at radius 2 is 1.78 bits per heavy atom. The molecule has 46 heavy (non-hydrogen) atoms. The predicted molar refractivity (Wildman–Crippen MR) is 168 cm³/mol. The molecule has 4 aromatic rings. The molecule has 0 aliphatic carbocycles. The van der Waals surface area contributed by atoms with Crippen molar-refractivity contribution in [1.82, 2.24) is 20.2 Å². The topological polar surface area (TPSA) is 126 Å². The van der Waals surface area contributed by atoms with Crippen LogP contribution in [0, 0.1) is 5.82 Å². The van der Waals surface area contributed by atoms with Gasteiger partial charge >= 0.3 is 6.03 Å². The number of halogens is 1. The number of hydrogen-bond donors (Lipinski definition) is 2. The fourth-order valence-corrected chi connectivity index (χ4v) is 5.30. The molecule has 0 radical (unpaired) electrons. The summed E-state index contributed by atoms with van der Waals surface area (Å²) >= 11 is 0. The number of morpholine rings is 1. The van der Waals surface area contributed by atoms with Crippen LogP contribution in [0.1, 0.15) is 24.9 Å². The molecule has 0 bridgehead atoms. The van der Waals surface area contributed by atoms with E-state index < -0.39 is 6.03 Å². The third-order valence-corrected chi connectivity index (χ3v) is 7.68. The van der Waals surface area contributed by atoms with Crippen molar-refractivity contribution >= 4 is 22.6 Å². The van der Waals surface area contributed by atoms with Gasteiger partial charge in [-0.2, -0.15) is 0 Å². The van der Waals surface area contributed by atoms with Crippen LogP contribution in [0.2, 0.25) is 0 Å². The van der Waals surface area contributed by atoms with Gasteiger partial charge in [-0.1, -0.05) is 12.1 Å². The number of methoxy groups -OCH3 is 1. The van der Waals surface area contributed by atoms with Crippen LogP contribution < -0.4 is 34.3 Å². The van der Waals surface area contributed by atoms with Gasteiger partial charge in [0.25, 0.3) is 0 Å². The Kier molecular flexibility index (Phi) is 9.79. The summed E-state index contributed by atoms with van der Waals surface area (Å²) < 4.78 is 48.7. The number of benzene rings is 3. The number of nitrogens with one attached hydrogen (secondary N) is 2. The van der Waals surface area contributed by atoms with E-state index in [1.54, 1.807) is 30.3 Å². The number of hydrogen-bond acceptors (Lipinski definition) is 10. The lowest BCUT2D eigenvalue weighted by atomic mass is 10.1. The maximum Gasteiger partial charge on any atom is 0.319 e. The van der Waals surface area contributed by atoms with Gasteiger partial charge in [0, 0.05) is 31.8 Å². The van der Waals surface area contributed by atoms with Crippen molar-refractivity contribution < 1.29 is 37.6 Å². The van der Waals surface area contributed by atoms with Crippen molar-refractivity contribution in [3.63, 3.8) is 0 Å². The molecular weight excluding hydrogens is 597 g/mol. The Balaban J connectivity index is 1.16. The molecule has 3 aromatic carbocycles. The van der Waals surface area contributed by atoms with Gasteiger partial charge in [0.2, 0.25) is 11.6 Å². The minimum absolute atomic E-state index is 0.263. The molecule has 1 atom stereocenters. The van der Waals surface area contributed by atoms with Crippen molar-refractivity contribution in [2.45, 2.75) is 19.4 Å². The number of fused-ring (bicyclic) bond motifs is 3. The lowest BCUT2D eigenvalue weighted by molar-refractivity contribution is 0.0357. The van der Waals surface area contributed by atoms with Crippen molar-refractivity contribution in [2.75, 3.05) is 65.1 Å². The smallest absolute Gasteiger partial charge is 0.319 e. The second-order valence-electron chi connectivity index (χ2n) is 10.8. The van der Waals surface area contributed by atoms with Gasteiger partial charge in [-0.15, -0.1) is 0 Å². The first-order valence-electron chi connectivity index (χ1n) is 15.2. The first kappa shape index (κ1) is 31.1. The van der Waals surface area contributed by atoms with Crippen LogP contribution in [0.5, 0.6) is 34.6 Å². The third-order valence-electron chi connectivity index (χ3n) is 7.68. The molecule has 2 amide bonds. The zero-order valence-corrected chi connectivity index (χ0v) is 25.7. The SMILES string of the molecule is COc1cc(Oc2ncnc3cc(OCCCN4CCOCC4)c4c(c23)OCCO4)ccc1NC(=O)NC(C)c1ccc(F)cc1. The molecule has 13 heteroatoms. The Bertz CT molecular complexity index is 1670. The van der Waals surface area contributed by atoms with Gasteiger partial charge in [-0.3, -0.25) is 4.90 Å². The summed E-state index contributed by atoms with van der Waals surface area (Å²) in [5.74, 6) is 2.21. The average Bonchev–Trinajstić information content (AvgIpc) is 3.08. The summed E-state index contributed by atoms with van der Waals surface area (Å²) in [5, 5.41) is 6.18. The lowest BCUT2D eigenvalue weighted by Gasteiger charge is -2.26. The van der Waals surface area contributed by atoms with Gasteiger partial charge in [0.05, 0.1) is 44.2 Å². The van der Waals surface area contributed by atoms with E-state index in [0.717, 1.165) is 44.8 Å². The molecule has 242 valence electrons. The van der Waals surface area contributed by atoms with Gasteiger partial charge in [0.1, 0.15) is 42.2 Å². The predicted octanol–water partition coefficient (Wildman–Crippen LogP) is 5.32. The molecule has 6 rings (SSSR count). The van der Waals surface area contributed by atoms with Gasteiger partial charge in [0.15, 0.2) is 11.5 Å². The van der Waals surface area contributed by atoms with Crippen LogP contribution in [-0.2, 0) is 4.74 Å². The highest BCUT2D eigenvalue weighted by atomic mass is 19.1. The van der Waals surface area contributed by atoms with Gasteiger partial charge < -0.3 is 39.1 Å². The Labute approximate surface area is 265 Å². The standard InChI is InChI=1S/C33H36FN5O7/c1-21(22-4-6-23(34)7-5-22)37-33(40)38-25-9-8-24(18-27(25)41-2)46-32-29-26(35-20-36-32)19-28(30-31(29)45-17-16-44-30)43-13-3-10-39-11-14-42-15-12-39/h4-9,18-21H,3,10-17H2,1-2H3,(H2,37,38,40). The van der Waals surface area contributed by atoms with E-state index in [2.05, 4.69) is 25.5 Å². The maximum absolute atomic E-state index is 13.3. The minimum atomic E-state index is -0.450. The number of urea groups is 1. The molecule has 0 spiro atoms. The van der Waals surface area contributed by atoms with E-state index in [0.29, 0.717) is 65.2 Å². The van der Waals surface area contributed by atoms with Crippen LogP contribution in [0.4, 0.5) is 14.9 Å². The summed E-state index contributed by atoms with van der Waals surface area (Å²) in [5.41, 5.74) is 1.77.